The van der Waals surface area contributed by atoms with Gasteiger partial charge in [-0.2, -0.15) is 0 Å². The Kier molecular flexibility index (Phi) is 2.49. The van der Waals surface area contributed by atoms with Crippen molar-refractivity contribution in [3.05, 3.63) is 0 Å². The fraction of sp³-hybridized carbons (Fsp3) is 1.00. The maximum absolute atomic E-state index is 8.86. The highest BCUT2D eigenvalue weighted by Crippen LogP contribution is 2.26. The van der Waals surface area contributed by atoms with Gasteiger partial charge in [-0.25, -0.2) is 0 Å². The van der Waals surface area contributed by atoms with E-state index in [1.54, 1.807) is 0 Å². The van der Waals surface area contributed by atoms with Crippen LogP contribution in [0.4, 0.5) is 0 Å². The third-order valence-electron chi connectivity index (χ3n) is 0.862. The van der Waals surface area contributed by atoms with Crippen LogP contribution in [0.5, 0.6) is 0 Å². The van der Waals surface area contributed by atoms with Gasteiger partial charge in [0.2, 0.25) is 0 Å². The minimum absolute atomic E-state index is 0.261. The van der Waals surface area contributed by atoms with Crippen LogP contribution >= 0.6 is 23.5 Å². The van der Waals surface area contributed by atoms with Crippen LogP contribution in [0, 0.1) is 0 Å². The minimum Gasteiger partial charge on any atom is -0.382 e. The number of thioether (sulfide) groups is 2. The predicted octanol–water partition coefficient (Wildman–Crippen LogP) is 0.103. The van der Waals surface area contributed by atoms with Crippen molar-refractivity contribution in [2.24, 2.45) is 0 Å². The van der Waals surface area contributed by atoms with E-state index in [9.17, 15) is 0 Å². The lowest BCUT2D eigenvalue weighted by Crippen LogP contribution is -2.19. The van der Waals surface area contributed by atoms with Gasteiger partial charge in [0, 0.05) is 11.5 Å². The lowest BCUT2D eigenvalue weighted by Gasteiger charge is -2.19. The maximum Gasteiger partial charge on any atom is 0.108 e. The molecule has 1 saturated heterocycles. The van der Waals surface area contributed by atoms with Gasteiger partial charge in [0.1, 0.15) is 10.9 Å². The highest BCUT2D eigenvalue weighted by atomic mass is 32.2. The zero-order valence-electron chi connectivity index (χ0n) is 4.28. The summed E-state index contributed by atoms with van der Waals surface area (Å²) in [6, 6.07) is 0. The van der Waals surface area contributed by atoms with Gasteiger partial charge in [0.15, 0.2) is 0 Å². The van der Waals surface area contributed by atoms with Crippen molar-refractivity contribution in [3.63, 3.8) is 0 Å². The Morgan fingerprint density at radius 1 is 1.00 bits per heavy atom. The molecule has 0 aromatic rings. The standard InChI is InChI=1S/C4H8O2S2/c5-3-1-7-4(6)2-8-3/h3-6H,1-2H2/t3-,4?/m1/s1. The smallest absolute Gasteiger partial charge is 0.108 e. The fourth-order valence-corrected chi connectivity index (χ4v) is 2.50. The van der Waals surface area contributed by atoms with Crippen LogP contribution in [-0.4, -0.2) is 32.6 Å². The molecule has 1 aliphatic heterocycles. The van der Waals surface area contributed by atoms with Crippen LogP contribution in [0.15, 0.2) is 0 Å². The first-order chi connectivity index (χ1) is 3.79. The zero-order chi connectivity index (χ0) is 5.98. The molecule has 1 unspecified atom stereocenters. The first-order valence-electron chi connectivity index (χ1n) is 2.38. The molecule has 0 aromatic heterocycles. The summed E-state index contributed by atoms with van der Waals surface area (Å²) in [5.41, 5.74) is -0.521. The molecule has 48 valence electrons. The number of aliphatic hydroxyl groups is 2. The van der Waals surface area contributed by atoms with Crippen molar-refractivity contribution in [2.75, 3.05) is 11.5 Å². The summed E-state index contributed by atoms with van der Waals surface area (Å²) in [5.74, 6) is 1.32. The Hall–Kier alpha value is 0.620. The van der Waals surface area contributed by atoms with Crippen molar-refractivity contribution in [3.8, 4) is 0 Å². The quantitative estimate of drug-likeness (QED) is 0.516. The lowest BCUT2D eigenvalue weighted by atomic mass is 10.8. The number of hydrogen-bond acceptors (Lipinski definition) is 4. The second kappa shape index (κ2) is 2.96. The summed E-state index contributed by atoms with van der Waals surface area (Å²) in [5, 5.41) is 17.7. The Labute approximate surface area is 56.7 Å². The van der Waals surface area contributed by atoms with Gasteiger partial charge in [0.05, 0.1) is 0 Å². The molecule has 0 saturated carbocycles. The van der Waals surface area contributed by atoms with E-state index in [0.29, 0.717) is 11.5 Å². The van der Waals surface area contributed by atoms with Crippen LogP contribution in [0.3, 0.4) is 0 Å². The summed E-state index contributed by atoms with van der Waals surface area (Å²) in [6.45, 7) is 0. The molecule has 0 spiro atoms. The van der Waals surface area contributed by atoms with Crippen LogP contribution in [0.25, 0.3) is 0 Å². The van der Waals surface area contributed by atoms with Gasteiger partial charge in [-0.15, -0.1) is 23.5 Å². The Morgan fingerprint density at radius 3 is 1.62 bits per heavy atom. The minimum atomic E-state index is -0.261. The number of aliphatic hydroxyl groups excluding tert-OH is 2. The molecule has 2 atom stereocenters. The average Bonchev–Trinajstić information content (AvgIpc) is 1.77. The van der Waals surface area contributed by atoms with E-state index in [-0.39, 0.29) is 10.9 Å². The summed E-state index contributed by atoms with van der Waals surface area (Å²) in [6.07, 6.45) is 0. The molecule has 1 aliphatic rings. The monoisotopic (exact) mass is 152 g/mol. The molecule has 2 N–H and O–H groups in total. The molecule has 4 heteroatoms. The van der Waals surface area contributed by atoms with Gasteiger partial charge in [-0.3, -0.25) is 0 Å². The molecule has 1 fully saturated rings. The van der Waals surface area contributed by atoms with Crippen LogP contribution in [0.1, 0.15) is 0 Å². The van der Waals surface area contributed by atoms with Gasteiger partial charge in [-0.1, -0.05) is 0 Å². The van der Waals surface area contributed by atoms with E-state index in [0.717, 1.165) is 0 Å². The second-order valence-electron chi connectivity index (χ2n) is 1.58. The van der Waals surface area contributed by atoms with E-state index in [1.165, 1.54) is 23.5 Å². The molecule has 1 rings (SSSR count). The highest BCUT2D eigenvalue weighted by molar-refractivity contribution is 8.06. The van der Waals surface area contributed by atoms with Crippen molar-refractivity contribution in [1.29, 1.82) is 0 Å². The van der Waals surface area contributed by atoms with Gasteiger partial charge in [0.25, 0.3) is 0 Å². The summed E-state index contributed by atoms with van der Waals surface area (Å²) in [7, 11) is 0. The summed E-state index contributed by atoms with van der Waals surface area (Å²) in [4.78, 5) is 0. The van der Waals surface area contributed by atoms with Crippen molar-refractivity contribution in [2.45, 2.75) is 10.9 Å². The highest BCUT2D eigenvalue weighted by Gasteiger charge is 2.16. The number of rotatable bonds is 0. The Morgan fingerprint density at radius 2 is 1.38 bits per heavy atom. The summed E-state index contributed by atoms with van der Waals surface area (Å²) >= 11 is 2.82. The predicted molar refractivity (Wildman–Crippen MR) is 36.9 cm³/mol. The zero-order valence-corrected chi connectivity index (χ0v) is 5.91. The molecular formula is C4H8O2S2. The van der Waals surface area contributed by atoms with Gasteiger partial charge >= 0.3 is 0 Å². The molecule has 0 bridgehead atoms. The number of hydrogen-bond donors (Lipinski definition) is 2. The molecule has 0 aromatic carbocycles. The van der Waals surface area contributed by atoms with Crippen LogP contribution in [-0.2, 0) is 0 Å². The van der Waals surface area contributed by atoms with E-state index >= 15 is 0 Å². The topological polar surface area (TPSA) is 40.5 Å². The lowest BCUT2D eigenvalue weighted by molar-refractivity contribution is 0.263. The van der Waals surface area contributed by atoms with Gasteiger partial charge in [-0.05, 0) is 0 Å². The van der Waals surface area contributed by atoms with E-state index < -0.39 is 0 Å². The van der Waals surface area contributed by atoms with E-state index in [1.807, 2.05) is 0 Å². The summed E-state index contributed by atoms with van der Waals surface area (Å²) < 4.78 is 0. The normalized spacial score (nSPS) is 39.8. The van der Waals surface area contributed by atoms with Crippen molar-refractivity contribution < 1.29 is 10.2 Å². The molecule has 2 nitrogen and oxygen atoms in total. The molecule has 0 amide bonds. The second-order valence-corrected chi connectivity index (χ2v) is 4.00. The average molecular weight is 152 g/mol. The van der Waals surface area contributed by atoms with Crippen molar-refractivity contribution >= 4 is 23.5 Å². The molecule has 1 heterocycles. The largest absolute Gasteiger partial charge is 0.382 e. The third kappa shape index (κ3) is 1.85. The van der Waals surface area contributed by atoms with Crippen LogP contribution < -0.4 is 0 Å². The van der Waals surface area contributed by atoms with Gasteiger partial charge < -0.3 is 10.2 Å². The molecular weight excluding hydrogens is 144 g/mol. The van der Waals surface area contributed by atoms with E-state index in [4.69, 9.17) is 10.2 Å². The molecule has 8 heavy (non-hydrogen) atoms. The Bertz CT molecular complexity index is 60.4. The SMILES string of the molecule is OC1CS[C@@H](O)CS1. The first kappa shape index (κ1) is 6.74. The van der Waals surface area contributed by atoms with E-state index in [2.05, 4.69) is 0 Å². The first-order valence-corrected chi connectivity index (χ1v) is 4.48. The maximum atomic E-state index is 8.86. The van der Waals surface area contributed by atoms with Crippen molar-refractivity contribution in [1.82, 2.24) is 0 Å². The van der Waals surface area contributed by atoms with Crippen LogP contribution in [0.2, 0.25) is 0 Å². The fourth-order valence-electron chi connectivity index (χ4n) is 0.483. The third-order valence-corrected chi connectivity index (χ3v) is 3.40. The Balaban J connectivity index is 2.19. The molecule has 0 aliphatic carbocycles. The molecule has 0 radical (unpaired) electrons.